The van der Waals surface area contributed by atoms with Crippen LogP contribution in [-0.2, 0) is 14.3 Å². The first-order chi connectivity index (χ1) is 11.6. The molecule has 0 amide bonds. The SMILES string of the molecule is CCCCCCC(CCC)OC(=O)CCCCCCCCC(=O)O. The predicted octanol–water partition coefficient (Wildman–Crippen LogP) is 5.87. The van der Waals surface area contributed by atoms with Crippen LogP contribution in [0.1, 0.15) is 110 Å². The molecule has 0 aliphatic heterocycles. The minimum atomic E-state index is -0.714. The van der Waals surface area contributed by atoms with Crippen molar-refractivity contribution in [1.82, 2.24) is 0 Å². The van der Waals surface area contributed by atoms with Crippen molar-refractivity contribution in [3.05, 3.63) is 0 Å². The first-order valence-corrected chi connectivity index (χ1v) is 10.0. The molecule has 24 heavy (non-hydrogen) atoms. The second kappa shape index (κ2) is 16.8. The van der Waals surface area contributed by atoms with Crippen molar-refractivity contribution in [2.24, 2.45) is 0 Å². The Morgan fingerprint density at radius 2 is 1.33 bits per heavy atom. The van der Waals surface area contributed by atoms with Crippen LogP contribution in [0, 0.1) is 0 Å². The molecule has 0 aliphatic rings. The van der Waals surface area contributed by atoms with E-state index < -0.39 is 5.97 Å². The van der Waals surface area contributed by atoms with Crippen LogP contribution in [0.5, 0.6) is 0 Å². The van der Waals surface area contributed by atoms with Crippen LogP contribution >= 0.6 is 0 Å². The van der Waals surface area contributed by atoms with Gasteiger partial charge in [0.25, 0.3) is 0 Å². The molecule has 0 rings (SSSR count). The summed E-state index contributed by atoms with van der Waals surface area (Å²) in [4.78, 5) is 22.3. The molecule has 0 heterocycles. The van der Waals surface area contributed by atoms with Gasteiger partial charge in [-0.15, -0.1) is 0 Å². The maximum absolute atomic E-state index is 11.9. The van der Waals surface area contributed by atoms with Crippen molar-refractivity contribution < 1.29 is 19.4 Å². The summed E-state index contributed by atoms with van der Waals surface area (Å²) < 4.78 is 5.64. The zero-order valence-corrected chi connectivity index (χ0v) is 15.9. The molecular formula is C20H38O4. The Morgan fingerprint density at radius 1 is 0.750 bits per heavy atom. The molecule has 4 heteroatoms. The number of carbonyl (C=O) groups excluding carboxylic acids is 1. The number of ether oxygens (including phenoxy) is 1. The van der Waals surface area contributed by atoms with Crippen LogP contribution < -0.4 is 0 Å². The number of rotatable bonds is 17. The zero-order valence-electron chi connectivity index (χ0n) is 15.9. The molecule has 0 fully saturated rings. The monoisotopic (exact) mass is 342 g/mol. The van der Waals surface area contributed by atoms with E-state index in [1.165, 1.54) is 19.3 Å². The van der Waals surface area contributed by atoms with Crippen LogP contribution in [0.4, 0.5) is 0 Å². The molecule has 1 atom stereocenters. The molecule has 0 bridgehead atoms. The summed E-state index contributed by atoms with van der Waals surface area (Å²) in [5, 5.41) is 8.55. The minimum Gasteiger partial charge on any atom is -0.481 e. The van der Waals surface area contributed by atoms with Crippen molar-refractivity contribution in [2.75, 3.05) is 0 Å². The minimum absolute atomic E-state index is 0.0465. The smallest absolute Gasteiger partial charge is 0.306 e. The molecule has 0 saturated heterocycles. The summed E-state index contributed by atoms with van der Waals surface area (Å²) in [5.41, 5.74) is 0. The molecule has 0 saturated carbocycles. The van der Waals surface area contributed by atoms with Gasteiger partial charge in [-0.05, 0) is 32.1 Å². The third-order valence-electron chi connectivity index (χ3n) is 4.31. The lowest BCUT2D eigenvalue weighted by molar-refractivity contribution is -0.150. The van der Waals surface area contributed by atoms with E-state index in [0.717, 1.165) is 64.2 Å². The Hall–Kier alpha value is -1.06. The Balaban J connectivity index is 3.63. The van der Waals surface area contributed by atoms with Crippen LogP contribution in [0.25, 0.3) is 0 Å². The molecule has 0 aromatic heterocycles. The first-order valence-electron chi connectivity index (χ1n) is 10.0. The fraction of sp³-hybridized carbons (Fsp3) is 0.900. The third kappa shape index (κ3) is 15.8. The van der Waals surface area contributed by atoms with Gasteiger partial charge < -0.3 is 9.84 Å². The first kappa shape index (κ1) is 22.9. The average molecular weight is 343 g/mol. The van der Waals surface area contributed by atoms with E-state index in [9.17, 15) is 9.59 Å². The van der Waals surface area contributed by atoms with Crippen molar-refractivity contribution in [3.8, 4) is 0 Å². The van der Waals surface area contributed by atoms with Crippen molar-refractivity contribution in [2.45, 2.75) is 116 Å². The molecule has 4 nitrogen and oxygen atoms in total. The zero-order chi connectivity index (χ0) is 18.0. The number of carbonyl (C=O) groups is 2. The number of esters is 1. The van der Waals surface area contributed by atoms with Crippen molar-refractivity contribution in [1.29, 1.82) is 0 Å². The van der Waals surface area contributed by atoms with E-state index in [4.69, 9.17) is 9.84 Å². The molecule has 0 radical (unpaired) electrons. The van der Waals surface area contributed by atoms with Gasteiger partial charge in [0, 0.05) is 12.8 Å². The van der Waals surface area contributed by atoms with Crippen molar-refractivity contribution in [3.63, 3.8) is 0 Å². The molecule has 142 valence electrons. The number of carboxylic acid groups (broad SMARTS) is 1. The van der Waals surface area contributed by atoms with Gasteiger partial charge in [0.05, 0.1) is 0 Å². The highest BCUT2D eigenvalue weighted by atomic mass is 16.5. The quantitative estimate of drug-likeness (QED) is 0.265. The maximum Gasteiger partial charge on any atom is 0.306 e. The van der Waals surface area contributed by atoms with Gasteiger partial charge in [-0.25, -0.2) is 0 Å². The summed E-state index contributed by atoms with van der Waals surface area (Å²) >= 11 is 0. The van der Waals surface area contributed by atoms with Crippen molar-refractivity contribution >= 4 is 11.9 Å². The molecule has 1 unspecified atom stereocenters. The summed E-state index contributed by atoms with van der Waals surface area (Å²) in [6.07, 6.45) is 14.6. The van der Waals surface area contributed by atoms with E-state index in [0.29, 0.717) is 6.42 Å². The van der Waals surface area contributed by atoms with E-state index >= 15 is 0 Å². The molecular weight excluding hydrogens is 304 g/mol. The Bertz CT molecular complexity index is 315. The van der Waals surface area contributed by atoms with Crippen LogP contribution in [-0.4, -0.2) is 23.1 Å². The van der Waals surface area contributed by atoms with Gasteiger partial charge in [-0.2, -0.15) is 0 Å². The number of hydrogen-bond donors (Lipinski definition) is 1. The number of aliphatic carboxylic acids is 1. The highest BCUT2D eigenvalue weighted by Crippen LogP contribution is 2.15. The number of carboxylic acids is 1. The lowest BCUT2D eigenvalue weighted by atomic mass is 10.1. The van der Waals surface area contributed by atoms with E-state index in [2.05, 4.69) is 13.8 Å². The number of hydrogen-bond acceptors (Lipinski definition) is 3. The summed E-state index contributed by atoms with van der Waals surface area (Å²) in [6.45, 7) is 4.34. The topological polar surface area (TPSA) is 63.6 Å². The lowest BCUT2D eigenvalue weighted by Gasteiger charge is -2.17. The molecule has 0 spiro atoms. The van der Waals surface area contributed by atoms with E-state index in [-0.39, 0.29) is 18.5 Å². The molecule has 0 aromatic rings. The van der Waals surface area contributed by atoms with Crippen LogP contribution in [0.3, 0.4) is 0 Å². The van der Waals surface area contributed by atoms with Gasteiger partial charge in [0.2, 0.25) is 0 Å². The van der Waals surface area contributed by atoms with Gasteiger partial charge >= 0.3 is 11.9 Å². The van der Waals surface area contributed by atoms with Crippen LogP contribution in [0.2, 0.25) is 0 Å². The average Bonchev–Trinajstić information content (AvgIpc) is 2.54. The highest BCUT2D eigenvalue weighted by Gasteiger charge is 2.13. The summed E-state index contributed by atoms with van der Waals surface area (Å²) in [7, 11) is 0. The third-order valence-corrected chi connectivity index (χ3v) is 4.31. The predicted molar refractivity (Wildman–Crippen MR) is 98.1 cm³/mol. The normalized spacial score (nSPS) is 12.1. The Labute approximate surface area is 148 Å². The maximum atomic E-state index is 11.9. The van der Waals surface area contributed by atoms with E-state index in [1.807, 2.05) is 0 Å². The second-order valence-corrected chi connectivity index (χ2v) is 6.76. The molecule has 0 aromatic carbocycles. The number of unbranched alkanes of at least 4 members (excludes halogenated alkanes) is 8. The van der Waals surface area contributed by atoms with Gasteiger partial charge in [0.1, 0.15) is 6.10 Å². The molecule has 1 N–H and O–H groups in total. The van der Waals surface area contributed by atoms with E-state index in [1.54, 1.807) is 0 Å². The Morgan fingerprint density at radius 3 is 1.92 bits per heavy atom. The lowest BCUT2D eigenvalue weighted by Crippen LogP contribution is -2.18. The Kier molecular flexibility index (Phi) is 16.0. The van der Waals surface area contributed by atoms with Gasteiger partial charge in [-0.3, -0.25) is 9.59 Å². The van der Waals surface area contributed by atoms with Gasteiger partial charge in [-0.1, -0.05) is 65.2 Å². The fourth-order valence-electron chi connectivity index (χ4n) is 2.88. The standard InChI is InChI=1S/C20H38O4/c1-3-5-6-11-15-18(14-4-2)24-20(23)17-13-10-8-7-9-12-16-19(21)22/h18H,3-17H2,1-2H3,(H,21,22). The fourth-order valence-corrected chi connectivity index (χ4v) is 2.88. The van der Waals surface area contributed by atoms with Gasteiger partial charge in [0.15, 0.2) is 0 Å². The summed E-state index contributed by atoms with van der Waals surface area (Å²) in [5.74, 6) is -0.760. The summed E-state index contributed by atoms with van der Waals surface area (Å²) in [6, 6.07) is 0. The van der Waals surface area contributed by atoms with Crippen LogP contribution in [0.15, 0.2) is 0 Å². The molecule has 0 aliphatic carbocycles. The highest BCUT2D eigenvalue weighted by molar-refractivity contribution is 5.69. The second-order valence-electron chi connectivity index (χ2n) is 6.76. The largest absolute Gasteiger partial charge is 0.481 e.